The SMILES string of the molecule is CCOC(=O)[C@@H](NP(=O)(N[C@H](C(=O)OCC)C(C)C)OC[C@H]1OC(n2cnc3c(SC)nc(N)nc32)[C@@](C)(O)C1O)C(C)C. The van der Waals surface area contributed by atoms with Crippen LogP contribution in [0.2, 0.25) is 0 Å². The predicted octanol–water partition coefficient (Wildman–Crippen LogP) is 1.62. The fraction of sp³-hybridized carbons (Fsp3) is 0.731. The lowest BCUT2D eigenvalue weighted by molar-refractivity contribution is -0.146. The molecular weight excluding hydrogens is 617 g/mol. The van der Waals surface area contributed by atoms with Crippen LogP contribution >= 0.6 is 19.4 Å². The number of anilines is 1. The average molecular weight is 662 g/mol. The molecule has 18 heteroatoms. The minimum atomic E-state index is -4.28. The lowest BCUT2D eigenvalue weighted by Gasteiger charge is -2.31. The van der Waals surface area contributed by atoms with Crippen molar-refractivity contribution in [3.8, 4) is 0 Å². The van der Waals surface area contributed by atoms with E-state index in [1.807, 2.05) is 0 Å². The quantitative estimate of drug-likeness (QED) is 0.0791. The molecule has 2 aromatic rings. The zero-order chi connectivity index (χ0) is 33.0. The van der Waals surface area contributed by atoms with Crippen molar-refractivity contribution >= 4 is 48.5 Å². The first kappa shape index (κ1) is 36.1. The van der Waals surface area contributed by atoms with Gasteiger partial charge < -0.3 is 34.7 Å². The average Bonchev–Trinajstić information content (AvgIpc) is 3.46. The van der Waals surface area contributed by atoms with E-state index >= 15 is 0 Å². The van der Waals surface area contributed by atoms with Gasteiger partial charge >= 0.3 is 19.6 Å². The fourth-order valence-electron chi connectivity index (χ4n) is 4.67. The molecule has 0 aliphatic carbocycles. The van der Waals surface area contributed by atoms with Gasteiger partial charge in [0.15, 0.2) is 11.9 Å². The van der Waals surface area contributed by atoms with Crippen LogP contribution in [-0.2, 0) is 32.9 Å². The molecule has 16 nitrogen and oxygen atoms in total. The third-order valence-electron chi connectivity index (χ3n) is 7.06. The summed E-state index contributed by atoms with van der Waals surface area (Å²) in [5.74, 6) is -2.11. The number of imidazole rings is 1. The topological polar surface area (TPSA) is 222 Å². The van der Waals surface area contributed by atoms with Gasteiger partial charge in [0.1, 0.15) is 40.4 Å². The number of nitrogens with one attached hydrogen (secondary N) is 2. The minimum absolute atomic E-state index is 0.0117. The van der Waals surface area contributed by atoms with Crippen LogP contribution in [0.25, 0.3) is 11.2 Å². The van der Waals surface area contributed by atoms with E-state index < -0.39 is 62.3 Å². The second-order valence-electron chi connectivity index (χ2n) is 11.2. The number of carbonyl (C=O) groups excluding carboxylic acids is 2. The number of aliphatic hydroxyl groups excluding tert-OH is 1. The molecule has 3 heterocycles. The highest BCUT2D eigenvalue weighted by atomic mass is 32.2. The Hall–Kier alpha value is -2.37. The van der Waals surface area contributed by atoms with Crippen LogP contribution in [-0.4, -0.2) is 97.6 Å². The van der Waals surface area contributed by atoms with Crippen LogP contribution in [0.3, 0.4) is 0 Å². The van der Waals surface area contributed by atoms with E-state index in [0.29, 0.717) is 10.5 Å². The van der Waals surface area contributed by atoms with Crippen LogP contribution in [0, 0.1) is 11.8 Å². The molecule has 44 heavy (non-hydrogen) atoms. The third kappa shape index (κ3) is 7.88. The van der Waals surface area contributed by atoms with Crippen molar-refractivity contribution in [2.24, 2.45) is 11.8 Å². The Balaban J connectivity index is 1.93. The van der Waals surface area contributed by atoms with Crippen LogP contribution in [0.1, 0.15) is 54.7 Å². The number of nitrogen functional groups attached to an aromatic ring is 1. The van der Waals surface area contributed by atoms with Gasteiger partial charge in [0.25, 0.3) is 0 Å². The summed E-state index contributed by atoms with van der Waals surface area (Å²) in [4.78, 5) is 38.3. The summed E-state index contributed by atoms with van der Waals surface area (Å²) in [6, 6.07) is -2.16. The van der Waals surface area contributed by atoms with E-state index in [1.54, 1.807) is 47.8 Å². The van der Waals surface area contributed by atoms with Crippen LogP contribution in [0.4, 0.5) is 5.95 Å². The number of hydrogen-bond acceptors (Lipinski definition) is 14. The Morgan fingerprint density at radius 1 is 1.14 bits per heavy atom. The number of aromatic nitrogens is 4. The van der Waals surface area contributed by atoms with Gasteiger partial charge in [-0.3, -0.25) is 18.7 Å². The molecule has 0 aromatic carbocycles. The van der Waals surface area contributed by atoms with Crippen LogP contribution in [0.5, 0.6) is 0 Å². The number of aliphatic hydroxyl groups is 2. The fourth-order valence-corrected chi connectivity index (χ4v) is 7.31. The van der Waals surface area contributed by atoms with Crippen molar-refractivity contribution in [2.75, 3.05) is 31.8 Å². The van der Waals surface area contributed by atoms with Crippen LogP contribution < -0.4 is 15.9 Å². The molecule has 2 aromatic heterocycles. The number of carbonyl (C=O) groups is 2. The molecule has 248 valence electrons. The Morgan fingerprint density at radius 2 is 1.68 bits per heavy atom. The Morgan fingerprint density at radius 3 is 2.16 bits per heavy atom. The highest BCUT2D eigenvalue weighted by Crippen LogP contribution is 2.45. The van der Waals surface area contributed by atoms with Gasteiger partial charge in [-0.05, 0) is 38.9 Å². The molecule has 2 unspecified atom stereocenters. The lowest BCUT2D eigenvalue weighted by atomic mass is 9.96. The summed E-state index contributed by atoms with van der Waals surface area (Å²) < 4.78 is 38.0. The number of nitrogens with two attached hydrogens (primary N) is 1. The van der Waals surface area contributed by atoms with Crippen molar-refractivity contribution in [2.45, 2.75) is 89.6 Å². The second-order valence-corrected chi connectivity index (χ2v) is 13.8. The number of ether oxygens (including phenoxy) is 3. The molecule has 3 rings (SSSR count). The third-order valence-corrected chi connectivity index (χ3v) is 9.48. The van der Waals surface area contributed by atoms with E-state index in [1.165, 1.54) is 29.6 Å². The maximum absolute atomic E-state index is 14.4. The summed E-state index contributed by atoms with van der Waals surface area (Å²) in [5.41, 5.74) is 4.70. The molecule has 6 atom stereocenters. The summed E-state index contributed by atoms with van der Waals surface area (Å²) in [6.45, 7) is 11.2. The van der Waals surface area contributed by atoms with E-state index in [0.717, 1.165) is 0 Å². The first-order valence-electron chi connectivity index (χ1n) is 14.3. The molecule has 0 bridgehead atoms. The Labute approximate surface area is 260 Å². The number of esters is 2. The molecule has 0 radical (unpaired) electrons. The summed E-state index contributed by atoms with van der Waals surface area (Å²) in [7, 11) is -4.28. The molecule has 0 amide bonds. The predicted molar refractivity (Wildman–Crippen MR) is 162 cm³/mol. The van der Waals surface area contributed by atoms with E-state index in [-0.39, 0.29) is 36.6 Å². The maximum atomic E-state index is 14.4. The molecule has 0 spiro atoms. The minimum Gasteiger partial charge on any atom is -0.465 e. The van der Waals surface area contributed by atoms with Gasteiger partial charge in [-0.2, -0.15) is 4.98 Å². The van der Waals surface area contributed by atoms with Gasteiger partial charge in [-0.1, -0.05) is 27.7 Å². The normalized spacial score (nSPS) is 23.8. The van der Waals surface area contributed by atoms with Crippen LogP contribution in [0.15, 0.2) is 11.4 Å². The number of rotatable bonds is 15. The lowest BCUT2D eigenvalue weighted by Crippen LogP contribution is -2.49. The standard InChI is InChI=1S/C26H44N7O9PS/c1-9-39-22(35)16(13(3)4)31-43(38,32-17(14(5)6)23(36)40-10-2)41-11-15-19(34)26(7,37)24(42-15)33-12-28-18-20(33)29-25(27)30-21(18)44-8/h12-17,19,24,34,37H,9-11H2,1-8H3,(H2,27,29,30)(H2,31,32,38)/t15-,16+,17+,19?,24?,26+/m1/s1. The highest BCUT2D eigenvalue weighted by Gasteiger charge is 2.54. The van der Waals surface area contributed by atoms with E-state index in [9.17, 15) is 24.4 Å². The first-order valence-corrected chi connectivity index (χ1v) is 17.2. The first-order chi connectivity index (χ1) is 20.6. The molecule has 0 saturated carbocycles. The number of hydrogen-bond donors (Lipinski definition) is 5. The summed E-state index contributed by atoms with van der Waals surface area (Å²) in [5, 5.41) is 28.5. The zero-order valence-corrected chi connectivity index (χ0v) is 27.9. The molecular formula is C26H44N7O9PS. The molecule has 1 aliphatic heterocycles. The zero-order valence-electron chi connectivity index (χ0n) is 26.2. The Kier molecular flexibility index (Phi) is 12.2. The van der Waals surface area contributed by atoms with Crippen molar-refractivity contribution in [3.63, 3.8) is 0 Å². The highest BCUT2D eigenvalue weighted by molar-refractivity contribution is 7.98. The summed E-state index contributed by atoms with van der Waals surface area (Å²) in [6.07, 6.45) is -0.761. The van der Waals surface area contributed by atoms with Crippen molar-refractivity contribution in [1.29, 1.82) is 0 Å². The molecule has 1 aliphatic rings. The van der Waals surface area contributed by atoms with E-state index in [2.05, 4.69) is 25.1 Å². The second kappa shape index (κ2) is 14.8. The van der Waals surface area contributed by atoms with Gasteiger partial charge in [0.05, 0.1) is 26.1 Å². The van der Waals surface area contributed by atoms with Crippen molar-refractivity contribution in [1.82, 2.24) is 29.7 Å². The van der Waals surface area contributed by atoms with Gasteiger partial charge in [0.2, 0.25) is 5.95 Å². The van der Waals surface area contributed by atoms with Gasteiger partial charge in [-0.15, -0.1) is 11.8 Å². The van der Waals surface area contributed by atoms with Crippen molar-refractivity contribution in [3.05, 3.63) is 6.33 Å². The molecule has 6 N–H and O–H groups in total. The molecule has 1 saturated heterocycles. The van der Waals surface area contributed by atoms with Gasteiger partial charge in [0, 0.05) is 0 Å². The number of thioether (sulfide) groups is 1. The monoisotopic (exact) mass is 661 g/mol. The molecule has 1 fully saturated rings. The van der Waals surface area contributed by atoms with Crippen molar-refractivity contribution < 1.29 is 43.1 Å². The maximum Gasteiger partial charge on any atom is 0.342 e. The largest absolute Gasteiger partial charge is 0.465 e. The number of nitrogens with zero attached hydrogens (tertiary/aromatic N) is 4. The Bertz CT molecular complexity index is 1320. The summed E-state index contributed by atoms with van der Waals surface area (Å²) >= 11 is 1.31. The number of fused-ring (bicyclic) bond motifs is 1. The van der Waals surface area contributed by atoms with Gasteiger partial charge in [-0.25, -0.2) is 20.1 Å². The van der Waals surface area contributed by atoms with E-state index in [4.69, 9.17) is 24.5 Å². The smallest absolute Gasteiger partial charge is 0.342 e.